The molecule has 11 heteroatoms. The van der Waals surface area contributed by atoms with E-state index in [4.69, 9.17) is 22.1 Å². The molecule has 0 spiro atoms. The SMILES string of the molecule is CN(CCNC(=O)C1CN(c2cc(Cl)nnc2N)CCN1c1ccccc1)C(=O)OC(C)(C)C. The van der Waals surface area contributed by atoms with Crippen LogP contribution < -0.4 is 20.9 Å². The molecule has 1 aromatic heterocycles. The zero-order chi connectivity index (χ0) is 24.9. The topological polar surface area (TPSA) is 117 Å². The Balaban J connectivity index is 1.70. The Kier molecular flexibility index (Phi) is 8.03. The van der Waals surface area contributed by atoms with Crippen molar-refractivity contribution in [2.75, 3.05) is 55.3 Å². The van der Waals surface area contributed by atoms with E-state index in [1.165, 1.54) is 4.90 Å². The number of aromatic nitrogens is 2. The molecule has 1 saturated heterocycles. The molecule has 10 nitrogen and oxygen atoms in total. The fraction of sp³-hybridized carbons (Fsp3) is 0.478. The van der Waals surface area contributed by atoms with Crippen LogP contribution in [-0.4, -0.2) is 78.5 Å². The van der Waals surface area contributed by atoms with E-state index in [-0.39, 0.29) is 16.9 Å². The van der Waals surface area contributed by atoms with Gasteiger partial charge < -0.3 is 30.5 Å². The normalized spacial score (nSPS) is 16.2. The van der Waals surface area contributed by atoms with E-state index < -0.39 is 17.7 Å². The molecule has 1 fully saturated rings. The summed E-state index contributed by atoms with van der Waals surface area (Å²) in [5.41, 5.74) is 7.05. The van der Waals surface area contributed by atoms with Gasteiger partial charge in [0.15, 0.2) is 11.0 Å². The molecular formula is C23H32ClN7O3. The number of anilines is 3. The number of hydrogen-bond donors (Lipinski definition) is 2. The Labute approximate surface area is 205 Å². The Morgan fingerprint density at radius 2 is 1.94 bits per heavy atom. The predicted octanol–water partition coefficient (Wildman–Crippen LogP) is 2.39. The molecule has 0 bridgehead atoms. The minimum absolute atomic E-state index is 0.155. The number of likely N-dealkylation sites (N-methyl/N-ethyl adjacent to an activating group) is 1. The first-order valence-corrected chi connectivity index (χ1v) is 11.5. The van der Waals surface area contributed by atoms with E-state index in [0.717, 1.165) is 5.69 Å². The minimum atomic E-state index is -0.580. The van der Waals surface area contributed by atoms with Crippen molar-refractivity contribution in [3.05, 3.63) is 41.6 Å². The van der Waals surface area contributed by atoms with Crippen LogP contribution in [0.2, 0.25) is 5.15 Å². The first-order chi connectivity index (χ1) is 16.0. The zero-order valence-electron chi connectivity index (χ0n) is 20.0. The summed E-state index contributed by atoms with van der Waals surface area (Å²) in [5.74, 6) is 0.105. The second-order valence-electron chi connectivity index (χ2n) is 9.12. The lowest BCUT2D eigenvalue weighted by atomic mass is 10.1. The van der Waals surface area contributed by atoms with Gasteiger partial charge >= 0.3 is 6.09 Å². The van der Waals surface area contributed by atoms with Crippen LogP contribution in [0.4, 0.5) is 22.0 Å². The van der Waals surface area contributed by atoms with Gasteiger partial charge in [0, 0.05) is 51.5 Å². The summed E-state index contributed by atoms with van der Waals surface area (Å²) in [4.78, 5) is 31.0. The lowest BCUT2D eigenvalue weighted by molar-refractivity contribution is -0.122. The summed E-state index contributed by atoms with van der Waals surface area (Å²) in [6.07, 6.45) is -0.436. The van der Waals surface area contributed by atoms with Crippen LogP contribution in [0.25, 0.3) is 0 Å². The molecule has 3 N–H and O–H groups in total. The first kappa shape index (κ1) is 25.4. The molecule has 1 unspecified atom stereocenters. The number of nitrogens with one attached hydrogen (secondary N) is 1. The van der Waals surface area contributed by atoms with Crippen molar-refractivity contribution in [3.63, 3.8) is 0 Å². The van der Waals surface area contributed by atoms with Gasteiger partial charge in [-0.05, 0) is 32.9 Å². The summed E-state index contributed by atoms with van der Waals surface area (Å²) in [7, 11) is 1.64. The van der Waals surface area contributed by atoms with Gasteiger partial charge in [0.2, 0.25) is 5.91 Å². The summed E-state index contributed by atoms with van der Waals surface area (Å²) >= 11 is 6.04. The number of nitrogens with zero attached hydrogens (tertiary/aromatic N) is 5. The number of rotatable bonds is 6. The Morgan fingerprint density at radius 3 is 2.62 bits per heavy atom. The highest BCUT2D eigenvalue weighted by Crippen LogP contribution is 2.28. The molecule has 3 rings (SSSR count). The third-order valence-corrected chi connectivity index (χ3v) is 5.52. The highest BCUT2D eigenvalue weighted by atomic mass is 35.5. The summed E-state index contributed by atoms with van der Waals surface area (Å²) < 4.78 is 5.36. The fourth-order valence-corrected chi connectivity index (χ4v) is 3.81. The van der Waals surface area contributed by atoms with E-state index in [0.29, 0.717) is 38.4 Å². The number of ether oxygens (including phenoxy) is 1. The molecular weight excluding hydrogens is 458 g/mol. The third-order valence-electron chi connectivity index (χ3n) is 5.33. The molecule has 0 aliphatic carbocycles. The molecule has 184 valence electrons. The van der Waals surface area contributed by atoms with Gasteiger partial charge in [0.1, 0.15) is 11.6 Å². The van der Waals surface area contributed by atoms with Crippen LogP contribution in [0.3, 0.4) is 0 Å². The number of piperazine rings is 1. The van der Waals surface area contributed by atoms with Gasteiger partial charge in [0.25, 0.3) is 0 Å². The Morgan fingerprint density at radius 1 is 1.24 bits per heavy atom. The van der Waals surface area contributed by atoms with Gasteiger partial charge in [-0.1, -0.05) is 29.8 Å². The van der Waals surface area contributed by atoms with E-state index in [9.17, 15) is 9.59 Å². The maximum Gasteiger partial charge on any atom is 0.410 e. The lowest BCUT2D eigenvalue weighted by Crippen LogP contribution is -2.60. The number of carbonyl (C=O) groups excluding carboxylic acids is 2. The van der Waals surface area contributed by atoms with Gasteiger partial charge in [-0.2, -0.15) is 0 Å². The molecule has 1 atom stereocenters. The lowest BCUT2D eigenvalue weighted by Gasteiger charge is -2.43. The van der Waals surface area contributed by atoms with Crippen molar-refractivity contribution in [1.29, 1.82) is 0 Å². The van der Waals surface area contributed by atoms with Crippen molar-refractivity contribution in [2.24, 2.45) is 0 Å². The van der Waals surface area contributed by atoms with Gasteiger partial charge in [-0.3, -0.25) is 4.79 Å². The van der Waals surface area contributed by atoms with Crippen LogP contribution in [-0.2, 0) is 9.53 Å². The highest BCUT2D eigenvalue weighted by Gasteiger charge is 2.33. The Hall–Kier alpha value is -3.27. The van der Waals surface area contributed by atoms with Crippen molar-refractivity contribution in [1.82, 2.24) is 20.4 Å². The smallest absolute Gasteiger partial charge is 0.410 e. The molecule has 0 radical (unpaired) electrons. The molecule has 34 heavy (non-hydrogen) atoms. The van der Waals surface area contributed by atoms with Gasteiger partial charge in [-0.25, -0.2) is 4.79 Å². The van der Waals surface area contributed by atoms with E-state index in [1.54, 1.807) is 13.1 Å². The molecule has 2 aromatic rings. The molecule has 2 amide bonds. The minimum Gasteiger partial charge on any atom is -0.444 e. The fourth-order valence-electron chi connectivity index (χ4n) is 3.67. The van der Waals surface area contributed by atoms with Crippen LogP contribution >= 0.6 is 11.6 Å². The summed E-state index contributed by atoms with van der Waals surface area (Å²) in [6, 6.07) is 10.9. The Bertz CT molecular complexity index is 1000. The molecule has 0 saturated carbocycles. The van der Waals surface area contributed by atoms with Gasteiger partial charge in [0.05, 0.1) is 5.69 Å². The second kappa shape index (κ2) is 10.8. The molecule has 1 aliphatic rings. The van der Waals surface area contributed by atoms with E-state index in [1.807, 2.05) is 56.0 Å². The number of nitrogens with two attached hydrogens (primary N) is 1. The summed E-state index contributed by atoms with van der Waals surface area (Å²) in [6.45, 7) is 7.65. The maximum absolute atomic E-state index is 13.3. The van der Waals surface area contributed by atoms with Crippen LogP contribution in [0, 0.1) is 0 Å². The van der Waals surface area contributed by atoms with E-state index >= 15 is 0 Å². The summed E-state index contributed by atoms with van der Waals surface area (Å²) in [5, 5.41) is 10.9. The zero-order valence-corrected chi connectivity index (χ0v) is 20.7. The maximum atomic E-state index is 13.3. The van der Waals surface area contributed by atoms with Crippen molar-refractivity contribution in [2.45, 2.75) is 32.4 Å². The van der Waals surface area contributed by atoms with Crippen LogP contribution in [0.15, 0.2) is 36.4 Å². The molecule has 1 aliphatic heterocycles. The molecule has 2 heterocycles. The number of benzene rings is 1. The first-order valence-electron chi connectivity index (χ1n) is 11.1. The predicted molar refractivity (Wildman–Crippen MR) is 133 cm³/mol. The van der Waals surface area contributed by atoms with Crippen molar-refractivity contribution >= 4 is 40.8 Å². The van der Waals surface area contributed by atoms with Crippen LogP contribution in [0.5, 0.6) is 0 Å². The van der Waals surface area contributed by atoms with Crippen molar-refractivity contribution in [3.8, 4) is 0 Å². The number of hydrogen-bond acceptors (Lipinski definition) is 8. The number of carbonyl (C=O) groups is 2. The average molecular weight is 490 g/mol. The standard InChI is InChI=1S/C23H32ClN7O3/c1-23(2,3)34-22(33)29(4)11-10-26-21(32)18-15-30(17-14-19(24)27-28-20(17)25)12-13-31(18)16-8-6-5-7-9-16/h5-9,14,18H,10-13,15H2,1-4H3,(H2,25,28)(H,26,32). The quantitative estimate of drug-likeness (QED) is 0.635. The van der Waals surface area contributed by atoms with Crippen LogP contribution in [0.1, 0.15) is 20.8 Å². The number of halogens is 1. The average Bonchev–Trinajstić information content (AvgIpc) is 2.79. The third kappa shape index (κ3) is 6.63. The highest BCUT2D eigenvalue weighted by molar-refractivity contribution is 6.29. The second-order valence-corrected chi connectivity index (χ2v) is 9.51. The largest absolute Gasteiger partial charge is 0.444 e. The van der Waals surface area contributed by atoms with Crippen molar-refractivity contribution < 1.29 is 14.3 Å². The number of nitrogen functional groups attached to an aromatic ring is 1. The van der Waals surface area contributed by atoms with Gasteiger partial charge in [-0.15, -0.1) is 10.2 Å². The molecule has 1 aromatic carbocycles. The number of amides is 2. The van der Waals surface area contributed by atoms with E-state index in [2.05, 4.69) is 20.4 Å². The number of para-hydroxylation sites is 1. The monoisotopic (exact) mass is 489 g/mol.